The highest BCUT2D eigenvalue weighted by molar-refractivity contribution is 7.71. The van der Waals surface area contributed by atoms with Gasteiger partial charge in [-0.2, -0.15) is 18.3 Å². The second-order valence-electron chi connectivity index (χ2n) is 2.44. The van der Waals surface area contributed by atoms with Crippen molar-refractivity contribution in [2.75, 3.05) is 0 Å². The molecule has 0 fully saturated rings. The van der Waals surface area contributed by atoms with Crippen LogP contribution in [0, 0.1) is 4.64 Å². The highest BCUT2D eigenvalue weighted by Crippen LogP contribution is 2.30. The first kappa shape index (κ1) is 10.2. The minimum Gasteiger partial charge on any atom is -0.267 e. The maximum absolute atomic E-state index is 12.3. The van der Waals surface area contributed by atoms with Gasteiger partial charge in [0, 0.05) is 0 Å². The Morgan fingerprint density at radius 1 is 1.54 bits per heavy atom. The summed E-state index contributed by atoms with van der Waals surface area (Å²) < 4.78 is 36.9. The van der Waals surface area contributed by atoms with E-state index in [-0.39, 0.29) is 16.8 Å². The molecule has 0 aliphatic rings. The molecule has 0 spiro atoms. The molecule has 0 bridgehead atoms. The minimum atomic E-state index is -4.37. The molecule has 1 aromatic rings. The molecule has 0 radical (unpaired) electrons. The molecule has 0 atom stereocenters. The summed E-state index contributed by atoms with van der Waals surface area (Å²) in [5.41, 5.74) is -0.764. The number of aromatic nitrogens is 2. The van der Waals surface area contributed by atoms with Crippen LogP contribution in [0.5, 0.6) is 0 Å². The van der Waals surface area contributed by atoms with E-state index in [1.165, 1.54) is 0 Å². The molecule has 0 amide bonds. The zero-order chi connectivity index (χ0) is 10.1. The standard InChI is InChI=1S/C7H7F3N2S/c1-2-5-4(7(8,9)10)3-6(13)12-11-5/h3H,2H2,1H3,(H,12,13). The summed E-state index contributed by atoms with van der Waals surface area (Å²) in [6.07, 6.45) is -4.15. The van der Waals surface area contributed by atoms with Crippen LogP contribution in [-0.2, 0) is 12.6 Å². The van der Waals surface area contributed by atoms with Crippen LogP contribution in [0.15, 0.2) is 6.07 Å². The van der Waals surface area contributed by atoms with Gasteiger partial charge in [-0.25, -0.2) is 0 Å². The first-order chi connectivity index (χ1) is 5.95. The molecular formula is C7H7F3N2S. The normalized spacial score (nSPS) is 11.7. The van der Waals surface area contributed by atoms with E-state index >= 15 is 0 Å². The van der Waals surface area contributed by atoms with Crippen LogP contribution in [0.25, 0.3) is 0 Å². The molecule has 1 aromatic heterocycles. The van der Waals surface area contributed by atoms with Crippen molar-refractivity contribution in [3.63, 3.8) is 0 Å². The van der Waals surface area contributed by atoms with Crippen LogP contribution < -0.4 is 0 Å². The highest BCUT2D eigenvalue weighted by Gasteiger charge is 2.33. The van der Waals surface area contributed by atoms with Crippen molar-refractivity contribution in [2.45, 2.75) is 19.5 Å². The fraction of sp³-hybridized carbons (Fsp3) is 0.429. The Morgan fingerprint density at radius 2 is 2.15 bits per heavy atom. The Balaban J connectivity index is 3.32. The number of aromatic amines is 1. The van der Waals surface area contributed by atoms with Gasteiger partial charge in [-0.15, -0.1) is 0 Å². The molecule has 72 valence electrons. The van der Waals surface area contributed by atoms with Gasteiger partial charge in [0.15, 0.2) is 0 Å². The topological polar surface area (TPSA) is 28.7 Å². The maximum Gasteiger partial charge on any atom is 0.418 e. The highest BCUT2D eigenvalue weighted by atomic mass is 32.1. The average molecular weight is 208 g/mol. The van der Waals surface area contributed by atoms with Crippen LogP contribution in [0.4, 0.5) is 13.2 Å². The first-order valence-electron chi connectivity index (χ1n) is 3.61. The molecule has 1 heterocycles. The molecule has 0 aliphatic carbocycles. The van der Waals surface area contributed by atoms with E-state index in [4.69, 9.17) is 0 Å². The number of nitrogens with one attached hydrogen (secondary N) is 1. The summed E-state index contributed by atoms with van der Waals surface area (Å²) in [4.78, 5) is 0. The quantitative estimate of drug-likeness (QED) is 0.719. The van der Waals surface area contributed by atoms with E-state index in [0.29, 0.717) is 0 Å². The summed E-state index contributed by atoms with van der Waals surface area (Å²) in [6, 6.07) is 0.890. The van der Waals surface area contributed by atoms with Gasteiger partial charge < -0.3 is 0 Å². The molecule has 1 N–H and O–H groups in total. The Kier molecular flexibility index (Phi) is 2.70. The number of hydrogen-bond acceptors (Lipinski definition) is 2. The number of hydrogen-bond donors (Lipinski definition) is 1. The minimum absolute atomic E-state index is 0.00970. The van der Waals surface area contributed by atoms with Gasteiger partial charge in [0.05, 0.1) is 11.3 Å². The number of H-pyrrole nitrogens is 1. The van der Waals surface area contributed by atoms with Gasteiger partial charge in [-0.1, -0.05) is 19.1 Å². The monoisotopic (exact) mass is 208 g/mol. The van der Waals surface area contributed by atoms with Crippen LogP contribution in [0.3, 0.4) is 0 Å². The van der Waals surface area contributed by atoms with E-state index in [1.807, 2.05) is 0 Å². The molecule has 2 nitrogen and oxygen atoms in total. The molecule has 0 aromatic carbocycles. The Bertz CT molecular complexity index is 355. The number of rotatable bonds is 1. The first-order valence-corrected chi connectivity index (χ1v) is 4.01. The summed E-state index contributed by atoms with van der Waals surface area (Å²) in [5, 5.41) is 5.84. The van der Waals surface area contributed by atoms with Gasteiger partial charge >= 0.3 is 6.18 Å². The number of aryl methyl sites for hydroxylation is 1. The van der Waals surface area contributed by atoms with E-state index in [1.54, 1.807) is 6.92 Å². The van der Waals surface area contributed by atoms with Gasteiger partial charge in [-0.05, 0) is 12.5 Å². The Labute approximate surface area is 77.8 Å². The fourth-order valence-electron chi connectivity index (χ4n) is 0.944. The van der Waals surface area contributed by atoms with Gasteiger partial charge in [0.1, 0.15) is 4.64 Å². The van der Waals surface area contributed by atoms with Crippen molar-refractivity contribution in [1.82, 2.24) is 10.2 Å². The molecule has 6 heteroatoms. The second-order valence-corrected chi connectivity index (χ2v) is 2.88. The molecule has 0 saturated heterocycles. The lowest BCUT2D eigenvalue weighted by molar-refractivity contribution is -0.138. The molecule has 13 heavy (non-hydrogen) atoms. The van der Waals surface area contributed by atoms with Crippen molar-refractivity contribution in [1.29, 1.82) is 0 Å². The van der Waals surface area contributed by atoms with Crippen LogP contribution in [0.1, 0.15) is 18.2 Å². The Hall–Kier alpha value is -0.910. The zero-order valence-electron chi connectivity index (χ0n) is 6.77. The molecule has 0 saturated carbocycles. The number of alkyl halides is 3. The number of nitrogens with zero attached hydrogens (tertiary/aromatic N) is 1. The molecular weight excluding hydrogens is 201 g/mol. The molecule has 1 rings (SSSR count). The van der Waals surface area contributed by atoms with Crippen molar-refractivity contribution in [2.24, 2.45) is 0 Å². The van der Waals surface area contributed by atoms with Gasteiger partial charge in [-0.3, -0.25) is 5.10 Å². The van der Waals surface area contributed by atoms with Crippen molar-refractivity contribution < 1.29 is 13.2 Å². The molecule has 0 unspecified atom stereocenters. The SMILES string of the molecule is CCc1n[nH]c(=S)cc1C(F)(F)F. The summed E-state index contributed by atoms with van der Waals surface area (Å²) in [7, 11) is 0. The third-order valence-electron chi connectivity index (χ3n) is 1.53. The van der Waals surface area contributed by atoms with Crippen LogP contribution in [-0.4, -0.2) is 10.2 Å². The lowest BCUT2D eigenvalue weighted by Gasteiger charge is -2.09. The lowest BCUT2D eigenvalue weighted by Crippen LogP contribution is -2.11. The zero-order valence-corrected chi connectivity index (χ0v) is 7.59. The predicted octanol–water partition coefficient (Wildman–Crippen LogP) is 2.72. The van der Waals surface area contributed by atoms with Crippen molar-refractivity contribution >= 4 is 12.2 Å². The van der Waals surface area contributed by atoms with E-state index < -0.39 is 11.7 Å². The molecule has 0 aliphatic heterocycles. The van der Waals surface area contributed by atoms with Gasteiger partial charge in [0.2, 0.25) is 0 Å². The summed E-state index contributed by atoms with van der Waals surface area (Å²) in [6.45, 7) is 1.61. The fourth-order valence-corrected chi connectivity index (χ4v) is 1.11. The van der Waals surface area contributed by atoms with Crippen molar-refractivity contribution in [3.05, 3.63) is 22.0 Å². The lowest BCUT2D eigenvalue weighted by atomic mass is 10.2. The smallest absolute Gasteiger partial charge is 0.267 e. The largest absolute Gasteiger partial charge is 0.418 e. The van der Waals surface area contributed by atoms with Crippen LogP contribution >= 0.6 is 12.2 Å². The Morgan fingerprint density at radius 3 is 2.62 bits per heavy atom. The summed E-state index contributed by atoms with van der Waals surface area (Å²) in [5.74, 6) is 0. The maximum atomic E-state index is 12.3. The average Bonchev–Trinajstić information content (AvgIpc) is 2.03. The third-order valence-corrected chi connectivity index (χ3v) is 1.74. The number of halogens is 3. The summed E-state index contributed by atoms with van der Waals surface area (Å²) >= 11 is 4.56. The van der Waals surface area contributed by atoms with Crippen molar-refractivity contribution in [3.8, 4) is 0 Å². The third kappa shape index (κ3) is 2.27. The van der Waals surface area contributed by atoms with Gasteiger partial charge in [0.25, 0.3) is 0 Å². The predicted molar refractivity (Wildman–Crippen MR) is 43.8 cm³/mol. The van der Waals surface area contributed by atoms with E-state index in [9.17, 15) is 13.2 Å². The second kappa shape index (κ2) is 3.45. The van der Waals surface area contributed by atoms with E-state index in [0.717, 1.165) is 6.07 Å². The van der Waals surface area contributed by atoms with E-state index in [2.05, 4.69) is 22.4 Å². The van der Waals surface area contributed by atoms with Crippen LogP contribution in [0.2, 0.25) is 0 Å².